The topological polar surface area (TPSA) is 78.5 Å². The molecule has 0 aromatic heterocycles. The van der Waals surface area contributed by atoms with E-state index in [0.29, 0.717) is 0 Å². The molecule has 2 aromatic carbocycles. The normalized spacial score (nSPS) is 17.1. The van der Waals surface area contributed by atoms with Crippen LogP contribution in [0.15, 0.2) is 53.4 Å². The van der Waals surface area contributed by atoms with E-state index in [2.05, 4.69) is 10.0 Å². The zero-order valence-corrected chi connectivity index (χ0v) is 15.1. The molecule has 1 fully saturated rings. The third kappa shape index (κ3) is 3.86. The van der Waals surface area contributed by atoms with Gasteiger partial charge in [-0.25, -0.2) is 12.8 Å². The van der Waals surface area contributed by atoms with Gasteiger partial charge in [-0.2, -0.15) is 0 Å². The van der Waals surface area contributed by atoms with Crippen LogP contribution in [0.1, 0.15) is 16.8 Å². The van der Waals surface area contributed by atoms with Crippen molar-refractivity contribution in [2.75, 3.05) is 24.9 Å². The molecule has 1 aliphatic rings. The summed E-state index contributed by atoms with van der Waals surface area (Å²) in [5.41, 5.74) is 0.134. The molecule has 1 heterocycles. The van der Waals surface area contributed by atoms with Crippen LogP contribution >= 0.6 is 0 Å². The Kier molecular flexibility index (Phi) is 5.24. The SMILES string of the molecule is CN(C(=O)c1cccc(S(=O)(=O)Nc2ccccc2F)c1)C1CCNC1. The Morgan fingerprint density at radius 3 is 2.69 bits per heavy atom. The molecule has 1 unspecified atom stereocenters. The minimum atomic E-state index is -4.01. The number of hydrogen-bond donors (Lipinski definition) is 2. The molecule has 0 radical (unpaired) electrons. The molecule has 138 valence electrons. The lowest BCUT2D eigenvalue weighted by atomic mass is 10.1. The van der Waals surface area contributed by atoms with Crippen molar-refractivity contribution in [3.8, 4) is 0 Å². The van der Waals surface area contributed by atoms with E-state index >= 15 is 0 Å². The van der Waals surface area contributed by atoms with Gasteiger partial charge in [-0.3, -0.25) is 9.52 Å². The summed E-state index contributed by atoms with van der Waals surface area (Å²) in [5.74, 6) is -0.918. The highest BCUT2D eigenvalue weighted by Crippen LogP contribution is 2.20. The van der Waals surface area contributed by atoms with Gasteiger partial charge in [0.25, 0.3) is 15.9 Å². The van der Waals surface area contributed by atoms with Gasteiger partial charge in [0.2, 0.25) is 0 Å². The molecule has 0 spiro atoms. The maximum absolute atomic E-state index is 13.7. The minimum Gasteiger partial charge on any atom is -0.337 e. The van der Waals surface area contributed by atoms with Crippen molar-refractivity contribution in [1.82, 2.24) is 10.2 Å². The lowest BCUT2D eigenvalue weighted by molar-refractivity contribution is 0.0743. The predicted octanol–water partition coefficient (Wildman–Crippen LogP) is 2.06. The summed E-state index contributed by atoms with van der Waals surface area (Å²) in [6.45, 7) is 1.57. The number of rotatable bonds is 5. The second-order valence-electron chi connectivity index (χ2n) is 6.18. The van der Waals surface area contributed by atoms with Crippen LogP contribution in [0, 0.1) is 5.82 Å². The quantitative estimate of drug-likeness (QED) is 0.836. The predicted molar refractivity (Wildman–Crippen MR) is 97.0 cm³/mol. The van der Waals surface area contributed by atoms with Gasteiger partial charge in [-0.05, 0) is 43.3 Å². The molecule has 2 N–H and O–H groups in total. The smallest absolute Gasteiger partial charge is 0.262 e. The van der Waals surface area contributed by atoms with Crippen LogP contribution in [0.4, 0.5) is 10.1 Å². The van der Waals surface area contributed by atoms with Gasteiger partial charge < -0.3 is 10.2 Å². The fourth-order valence-corrected chi connectivity index (χ4v) is 4.00. The standard InChI is InChI=1S/C18H20FN3O3S/c1-22(14-9-10-20-12-14)18(23)13-5-4-6-15(11-13)26(24,25)21-17-8-3-2-7-16(17)19/h2-8,11,14,20-21H,9-10,12H2,1H3. The molecule has 1 saturated heterocycles. The Hall–Kier alpha value is -2.45. The van der Waals surface area contributed by atoms with Crippen molar-refractivity contribution < 1.29 is 17.6 Å². The van der Waals surface area contributed by atoms with Crippen molar-refractivity contribution in [2.24, 2.45) is 0 Å². The molecule has 0 saturated carbocycles. The highest BCUT2D eigenvalue weighted by molar-refractivity contribution is 7.92. The number of nitrogens with zero attached hydrogens (tertiary/aromatic N) is 1. The number of para-hydroxylation sites is 1. The molecule has 0 bridgehead atoms. The molecule has 6 nitrogen and oxygen atoms in total. The van der Waals surface area contributed by atoms with Crippen molar-refractivity contribution in [3.05, 3.63) is 59.9 Å². The van der Waals surface area contributed by atoms with Crippen LogP contribution < -0.4 is 10.0 Å². The molecule has 26 heavy (non-hydrogen) atoms. The maximum Gasteiger partial charge on any atom is 0.262 e. The van der Waals surface area contributed by atoms with E-state index in [1.165, 1.54) is 42.5 Å². The highest BCUT2D eigenvalue weighted by Gasteiger charge is 2.25. The minimum absolute atomic E-state index is 0.0827. The van der Waals surface area contributed by atoms with Crippen LogP contribution in [-0.4, -0.2) is 45.4 Å². The number of likely N-dealkylation sites (N-methyl/N-ethyl adjacent to an activating group) is 1. The van der Waals surface area contributed by atoms with Crippen LogP contribution in [0.3, 0.4) is 0 Å². The average molecular weight is 377 g/mol. The van der Waals surface area contributed by atoms with E-state index in [9.17, 15) is 17.6 Å². The van der Waals surface area contributed by atoms with Crippen LogP contribution in [-0.2, 0) is 10.0 Å². The number of hydrogen-bond acceptors (Lipinski definition) is 4. The largest absolute Gasteiger partial charge is 0.337 e. The first-order valence-corrected chi connectivity index (χ1v) is 9.72. The molecule has 8 heteroatoms. The third-order valence-electron chi connectivity index (χ3n) is 4.41. The first kappa shape index (κ1) is 18.3. The maximum atomic E-state index is 13.7. The summed E-state index contributed by atoms with van der Waals surface area (Å²) in [6, 6.07) is 11.4. The van der Waals surface area contributed by atoms with Gasteiger partial charge >= 0.3 is 0 Å². The van der Waals surface area contributed by atoms with Gasteiger partial charge in [0, 0.05) is 25.2 Å². The highest BCUT2D eigenvalue weighted by atomic mass is 32.2. The second-order valence-corrected chi connectivity index (χ2v) is 7.86. The van der Waals surface area contributed by atoms with Crippen molar-refractivity contribution in [1.29, 1.82) is 0 Å². The number of carbonyl (C=O) groups is 1. The molecular formula is C18H20FN3O3S. The number of amides is 1. The van der Waals surface area contributed by atoms with E-state index in [0.717, 1.165) is 19.5 Å². The molecule has 0 aliphatic carbocycles. The van der Waals surface area contributed by atoms with Gasteiger partial charge in [0.15, 0.2) is 0 Å². The zero-order valence-electron chi connectivity index (χ0n) is 14.3. The molecule has 1 aliphatic heterocycles. The number of sulfonamides is 1. The summed E-state index contributed by atoms with van der Waals surface area (Å²) in [5, 5.41) is 3.19. The van der Waals surface area contributed by atoms with E-state index in [-0.39, 0.29) is 28.1 Å². The molecular weight excluding hydrogens is 357 g/mol. The fourth-order valence-electron chi connectivity index (χ4n) is 2.88. The summed E-state index contributed by atoms with van der Waals surface area (Å²) < 4.78 is 41.0. The van der Waals surface area contributed by atoms with Gasteiger partial charge in [0.1, 0.15) is 5.82 Å². The zero-order chi connectivity index (χ0) is 18.7. The Morgan fingerprint density at radius 2 is 2.00 bits per heavy atom. The fraction of sp³-hybridized carbons (Fsp3) is 0.278. The number of benzene rings is 2. The number of halogens is 1. The van der Waals surface area contributed by atoms with Crippen molar-refractivity contribution in [2.45, 2.75) is 17.4 Å². The summed E-state index contributed by atoms with van der Waals surface area (Å²) >= 11 is 0. The Morgan fingerprint density at radius 1 is 1.23 bits per heavy atom. The molecule has 2 aromatic rings. The lowest BCUT2D eigenvalue weighted by Crippen LogP contribution is -2.38. The van der Waals surface area contributed by atoms with E-state index in [4.69, 9.17) is 0 Å². The van der Waals surface area contributed by atoms with Gasteiger partial charge in [0.05, 0.1) is 10.6 Å². The average Bonchev–Trinajstić information content (AvgIpc) is 3.17. The van der Waals surface area contributed by atoms with Crippen LogP contribution in [0.25, 0.3) is 0 Å². The van der Waals surface area contributed by atoms with Crippen LogP contribution in [0.5, 0.6) is 0 Å². The first-order valence-electron chi connectivity index (χ1n) is 8.24. The molecule has 1 amide bonds. The molecule has 1 atom stereocenters. The van der Waals surface area contributed by atoms with Gasteiger partial charge in [-0.15, -0.1) is 0 Å². The van der Waals surface area contributed by atoms with Crippen molar-refractivity contribution in [3.63, 3.8) is 0 Å². The lowest BCUT2D eigenvalue weighted by Gasteiger charge is -2.24. The number of nitrogens with one attached hydrogen (secondary N) is 2. The molecule has 3 rings (SSSR count). The van der Waals surface area contributed by atoms with E-state index in [1.54, 1.807) is 18.0 Å². The Labute approximate surface area is 152 Å². The van der Waals surface area contributed by atoms with Crippen LogP contribution in [0.2, 0.25) is 0 Å². The third-order valence-corrected chi connectivity index (χ3v) is 5.78. The van der Waals surface area contributed by atoms with Gasteiger partial charge in [-0.1, -0.05) is 18.2 Å². The van der Waals surface area contributed by atoms with E-state index < -0.39 is 15.8 Å². The van der Waals surface area contributed by atoms with Crippen molar-refractivity contribution >= 4 is 21.6 Å². The number of anilines is 1. The summed E-state index contributed by atoms with van der Waals surface area (Å²) in [4.78, 5) is 14.2. The number of carbonyl (C=O) groups excluding carboxylic acids is 1. The van der Waals surface area contributed by atoms with E-state index in [1.807, 2.05) is 0 Å². The second kappa shape index (κ2) is 7.43. The summed E-state index contributed by atoms with van der Waals surface area (Å²) in [6.07, 6.45) is 0.856. The first-order chi connectivity index (χ1) is 12.4. The monoisotopic (exact) mass is 377 g/mol. The summed E-state index contributed by atoms with van der Waals surface area (Å²) in [7, 11) is -2.30. The Balaban J connectivity index is 1.84. The Bertz CT molecular complexity index is 911.